The first-order valence-electron chi connectivity index (χ1n) is 12.9. The summed E-state index contributed by atoms with van der Waals surface area (Å²) in [5.74, 6) is 2.31. The molecule has 1 aromatic carbocycles. The third-order valence-corrected chi connectivity index (χ3v) is 8.20. The van der Waals surface area contributed by atoms with E-state index in [0.717, 1.165) is 10.9 Å². The van der Waals surface area contributed by atoms with E-state index in [9.17, 15) is 23.7 Å². The van der Waals surface area contributed by atoms with Gasteiger partial charge in [0.15, 0.2) is 17.4 Å². The molecule has 4 rings (SSSR count). The lowest BCUT2D eigenvalue weighted by Gasteiger charge is -2.25. The van der Waals surface area contributed by atoms with Gasteiger partial charge in [-0.15, -0.1) is 0 Å². The van der Waals surface area contributed by atoms with E-state index in [1.165, 1.54) is 19.1 Å². The Kier molecular flexibility index (Phi) is 9.32. The predicted molar refractivity (Wildman–Crippen MR) is 146 cm³/mol. The smallest absolute Gasteiger partial charge is 0.380 e. The molecule has 0 radical (unpaired) electrons. The Labute approximate surface area is 238 Å². The van der Waals surface area contributed by atoms with Crippen molar-refractivity contribution in [2.24, 2.45) is 5.92 Å². The number of hydrogen-bond acceptors (Lipinski definition) is 11. The Morgan fingerprint density at radius 3 is 2.71 bits per heavy atom. The average molecular weight is 610 g/mol. The van der Waals surface area contributed by atoms with Gasteiger partial charge in [0.05, 0.1) is 31.1 Å². The van der Waals surface area contributed by atoms with E-state index in [1.807, 2.05) is 11.8 Å². The number of nitrogens with zero attached hydrogens (tertiary/aromatic N) is 3. The van der Waals surface area contributed by atoms with Crippen LogP contribution in [0.5, 0.6) is 5.75 Å². The van der Waals surface area contributed by atoms with Crippen LogP contribution >= 0.6 is 7.60 Å². The Balaban J connectivity index is 1.63. The van der Waals surface area contributed by atoms with Crippen LogP contribution in [0.15, 0.2) is 41.5 Å². The second-order valence-electron chi connectivity index (χ2n) is 9.83. The fraction of sp³-hybridized carbons (Fsp3) is 0.462. The number of benzene rings is 1. The molecule has 16 heteroatoms. The van der Waals surface area contributed by atoms with E-state index in [1.54, 1.807) is 32.0 Å². The van der Waals surface area contributed by atoms with E-state index in [0.29, 0.717) is 0 Å². The van der Waals surface area contributed by atoms with Crippen LogP contribution in [0.25, 0.3) is 11.2 Å². The summed E-state index contributed by atoms with van der Waals surface area (Å²) in [6, 6.07) is 8.01. The van der Waals surface area contributed by atoms with Gasteiger partial charge >= 0.3 is 13.6 Å². The summed E-state index contributed by atoms with van der Waals surface area (Å²) >= 11 is 0. The highest BCUT2D eigenvalue weighted by atomic mass is 31.2. The van der Waals surface area contributed by atoms with Crippen molar-refractivity contribution in [3.05, 3.63) is 47.0 Å². The molecule has 0 spiro atoms. The van der Waals surface area contributed by atoms with Gasteiger partial charge < -0.3 is 24.8 Å². The van der Waals surface area contributed by atoms with Gasteiger partial charge in [0.1, 0.15) is 24.6 Å². The van der Waals surface area contributed by atoms with Gasteiger partial charge in [-0.3, -0.25) is 23.7 Å². The van der Waals surface area contributed by atoms with Crippen molar-refractivity contribution >= 4 is 30.7 Å². The number of halogens is 2. The second kappa shape index (κ2) is 12.6. The van der Waals surface area contributed by atoms with Crippen molar-refractivity contribution in [2.75, 3.05) is 25.2 Å². The number of nitrogens with two attached hydrogens (primary N) is 1. The molecule has 1 unspecified atom stereocenters. The summed E-state index contributed by atoms with van der Waals surface area (Å²) in [4.78, 5) is 34.8. The number of aromatic nitrogens is 4. The SMILES string of the molecule is CC(C)OC(=O)[C@H](C)C[P@](=O)(OC[C@H]1O[C@@H](n2cnc3c(=O)[nH]c(N)nc32)C(F)(C#CCF)[C@H]1O)Oc1ccccc1. The number of carbonyl (C=O) groups is 1. The minimum Gasteiger partial charge on any atom is -0.463 e. The Morgan fingerprint density at radius 2 is 2.05 bits per heavy atom. The number of rotatable bonds is 10. The number of H-pyrrole nitrogens is 1. The van der Waals surface area contributed by atoms with Crippen LogP contribution in [0.3, 0.4) is 0 Å². The van der Waals surface area contributed by atoms with Gasteiger partial charge in [0.2, 0.25) is 11.6 Å². The third-order valence-electron chi connectivity index (χ3n) is 6.17. The number of carbonyl (C=O) groups excluding carboxylic acids is 1. The van der Waals surface area contributed by atoms with E-state index < -0.39 is 74.7 Å². The lowest BCUT2D eigenvalue weighted by Crippen LogP contribution is -2.42. The monoisotopic (exact) mass is 609 g/mol. The maximum absolute atomic E-state index is 16.4. The van der Waals surface area contributed by atoms with Gasteiger partial charge in [0.25, 0.3) is 5.56 Å². The predicted octanol–water partition coefficient (Wildman–Crippen LogP) is 2.52. The number of hydrogen-bond donors (Lipinski definition) is 3. The zero-order valence-electron chi connectivity index (χ0n) is 22.9. The Hall–Kier alpha value is -3.83. The number of ether oxygens (including phenoxy) is 2. The fourth-order valence-corrected chi connectivity index (χ4v) is 6.15. The number of para-hydroxylation sites is 1. The normalized spacial score (nSPS) is 24.1. The lowest BCUT2D eigenvalue weighted by molar-refractivity contribution is -0.151. The van der Waals surface area contributed by atoms with E-state index in [4.69, 9.17) is 24.3 Å². The summed E-state index contributed by atoms with van der Waals surface area (Å²) in [6.45, 7) is 2.88. The largest absolute Gasteiger partial charge is 0.463 e. The minimum absolute atomic E-state index is 0.170. The number of alkyl halides is 2. The van der Waals surface area contributed by atoms with Gasteiger partial charge in [-0.05, 0) is 26.0 Å². The van der Waals surface area contributed by atoms with Gasteiger partial charge in [-0.25, -0.2) is 18.3 Å². The fourth-order valence-electron chi connectivity index (χ4n) is 4.28. The summed E-state index contributed by atoms with van der Waals surface area (Å²) in [5.41, 5.74) is 1.58. The summed E-state index contributed by atoms with van der Waals surface area (Å²) < 4.78 is 66.5. The van der Waals surface area contributed by atoms with E-state index >= 15 is 4.39 Å². The molecular formula is C26H30F2N5O8P. The van der Waals surface area contributed by atoms with Crippen LogP contribution in [-0.4, -0.2) is 74.0 Å². The number of fused-ring (bicyclic) bond motifs is 1. The highest BCUT2D eigenvalue weighted by molar-refractivity contribution is 7.54. The zero-order chi connectivity index (χ0) is 30.7. The Morgan fingerprint density at radius 1 is 1.33 bits per heavy atom. The highest BCUT2D eigenvalue weighted by Crippen LogP contribution is 2.51. The van der Waals surface area contributed by atoms with E-state index in [-0.39, 0.29) is 22.9 Å². The molecule has 3 aromatic rings. The van der Waals surface area contributed by atoms with Crippen LogP contribution in [0.2, 0.25) is 0 Å². The lowest BCUT2D eigenvalue weighted by atomic mass is 9.96. The highest BCUT2D eigenvalue weighted by Gasteiger charge is 2.58. The first kappa shape index (κ1) is 31.1. The molecule has 1 saturated heterocycles. The number of anilines is 1. The molecule has 13 nitrogen and oxygen atoms in total. The number of imidazole rings is 1. The number of nitrogens with one attached hydrogen (secondary N) is 1. The van der Waals surface area contributed by atoms with E-state index in [2.05, 4.69) is 15.0 Å². The molecule has 1 aliphatic heterocycles. The minimum atomic E-state index is -4.17. The van der Waals surface area contributed by atoms with Gasteiger partial charge in [-0.1, -0.05) is 37.0 Å². The van der Waals surface area contributed by atoms with Crippen LogP contribution in [0.1, 0.15) is 27.0 Å². The molecule has 0 saturated carbocycles. The number of aliphatic hydroxyl groups is 1. The topological polar surface area (TPSA) is 181 Å². The van der Waals surface area contributed by atoms with Crippen molar-refractivity contribution in [3.63, 3.8) is 0 Å². The number of aliphatic hydroxyl groups excluding tert-OH is 1. The summed E-state index contributed by atoms with van der Waals surface area (Å²) in [5, 5.41) is 11.0. The zero-order valence-corrected chi connectivity index (χ0v) is 23.8. The number of aromatic amines is 1. The molecular weight excluding hydrogens is 579 g/mol. The summed E-state index contributed by atoms with van der Waals surface area (Å²) in [6.07, 6.45) is -5.20. The number of esters is 1. The van der Waals surface area contributed by atoms with Crippen LogP contribution in [-0.2, 0) is 23.4 Å². The van der Waals surface area contributed by atoms with Crippen molar-refractivity contribution in [3.8, 4) is 17.6 Å². The van der Waals surface area contributed by atoms with Gasteiger partial charge in [-0.2, -0.15) is 4.98 Å². The van der Waals surface area contributed by atoms with Crippen LogP contribution in [0.4, 0.5) is 14.7 Å². The van der Waals surface area contributed by atoms with Crippen molar-refractivity contribution in [2.45, 2.75) is 51.0 Å². The quantitative estimate of drug-likeness (QED) is 0.175. The second-order valence-corrected chi connectivity index (χ2v) is 11.9. The molecule has 0 amide bonds. The average Bonchev–Trinajstić information content (AvgIpc) is 3.45. The van der Waals surface area contributed by atoms with Crippen LogP contribution < -0.4 is 15.8 Å². The van der Waals surface area contributed by atoms with Crippen molar-refractivity contribution < 1.29 is 41.8 Å². The molecule has 2 aromatic heterocycles. The molecule has 0 bridgehead atoms. The maximum Gasteiger partial charge on any atom is 0.380 e. The molecule has 1 fully saturated rings. The molecule has 3 heterocycles. The van der Waals surface area contributed by atoms with Gasteiger partial charge in [0, 0.05) is 0 Å². The Bertz CT molecular complexity index is 1590. The molecule has 226 valence electrons. The molecule has 4 N–H and O–H groups in total. The molecule has 1 aliphatic rings. The summed E-state index contributed by atoms with van der Waals surface area (Å²) in [7, 11) is -4.17. The van der Waals surface area contributed by atoms with Crippen LogP contribution in [0, 0.1) is 17.8 Å². The molecule has 6 atom stereocenters. The van der Waals surface area contributed by atoms with Crippen molar-refractivity contribution in [1.82, 2.24) is 19.5 Å². The first-order valence-corrected chi connectivity index (χ1v) is 14.6. The molecule has 42 heavy (non-hydrogen) atoms. The number of nitrogen functional groups attached to an aromatic ring is 1. The third kappa shape index (κ3) is 6.63. The molecule has 0 aliphatic carbocycles. The first-order chi connectivity index (χ1) is 19.9. The standard InChI is InChI=1S/C26H30F2N5O8P/c1-15(2)39-23(36)16(3)13-42(37,41-17-8-5-4-6-9-17)38-12-18-20(34)26(28,10-7-11-27)24(40-18)33-14-30-19-21(33)31-25(29)32-22(19)35/h4-6,8-9,14-16,18,20,24,34H,11-13H2,1-3H3,(H3,29,31,32,35)/t16-,18-,20+,24-,26?,42+/m1/s1. The van der Waals surface area contributed by atoms with Crippen molar-refractivity contribution in [1.29, 1.82) is 0 Å². The maximum atomic E-state index is 16.4.